The smallest absolute Gasteiger partial charge is 0.245 e. The van der Waals surface area contributed by atoms with Gasteiger partial charge in [-0.05, 0) is 18.2 Å². The first-order valence-electron chi connectivity index (χ1n) is 6.76. The van der Waals surface area contributed by atoms with Crippen molar-refractivity contribution < 1.29 is 12.8 Å². The average molecular weight is 336 g/mol. The number of rotatable bonds is 5. The molecule has 1 aromatic carbocycles. The van der Waals surface area contributed by atoms with E-state index in [2.05, 4.69) is 10.2 Å². The Labute approximate surface area is 129 Å². The molecule has 1 aliphatic heterocycles. The number of benzene rings is 1. The third-order valence-electron chi connectivity index (χ3n) is 3.52. The first-order chi connectivity index (χ1) is 9.91. The molecule has 1 aliphatic rings. The van der Waals surface area contributed by atoms with E-state index in [1.165, 1.54) is 23.5 Å². The maximum atomic E-state index is 13.8. The number of sulfonamides is 1. The minimum Gasteiger partial charge on any atom is -0.314 e. The fraction of sp³-hybridized carbons (Fsp3) is 0.538. The SMILES string of the molecule is CN(CCN1CCNCC1)S(=O)(=O)c1ccc(Cl)cc1F. The Morgan fingerprint density at radius 3 is 2.67 bits per heavy atom. The Balaban J connectivity index is 2.04. The van der Waals surface area contributed by atoms with Gasteiger partial charge in [-0.2, -0.15) is 4.31 Å². The van der Waals surface area contributed by atoms with Gasteiger partial charge in [-0.3, -0.25) is 4.90 Å². The largest absolute Gasteiger partial charge is 0.314 e. The van der Waals surface area contributed by atoms with Gasteiger partial charge in [-0.1, -0.05) is 11.6 Å². The van der Waals surface area contributed by atoms with E-state index in [1.807, 2.05) is 0 Å². The summed E-state index contributed by atoms with van der Waals surface area (Å²) < 4.78 is 39.7. The predicted octanol–water partition coefficient (Wildman–Crippen LogP) is 1.00. The maximum absolute atomic E-state index is 13.8. The minimum absolute atomic E-state index is 0.176. The van der Waals surface area contributed by atoms with Crippen molar-refractivity contribution in [2.75, 3.05) is 46.3 Å². The lowest BCUT2D eigenvalue weighted by Crippen LogP contribution is -2.46. The third-order valence-corrected chi connectivity index (χ3v) is 5.65. The van der Waals surface area contributed by atoms with Crippen LogP contribution in [0.15, 0.2) is 23.1 Å². The molecule has 0 aliphatic carbocycles. The molecule has 1 N–H and O–H groups in total. The molecular weight excluding hydrogens is 317 g/mol. The topological polar surface area (TPSA) is 52.6 Å². The van der Waals surface area contributed by atoms with E-state index in [4.69, 9.17) is 11.6 Å². The van der Waals surface area contributed by atoms with Gasteiger partial charge in [0, 0.05) is 51.3 Å². The van der Waals surface area contributed by atoms with Crippen molar-refractivity contribution in [3.8, 4) is 0 Å². The summed E-state index contributed by atoms with van der Waals surface area (Å²) in [5, 5.41) is 3.41. The van der Waals surface area contributed by atoms with Crippen LogP contribution in [0.2, 0.25) is 5.02 Å². The third kappa shape index (κ3) is 4.14. The molecule has 0 atom stereocenters. The van der Waals surface area contributed by atoms with E-state index in [0.29, 0.717) is 13.1 Å². The molecule has 0 spiro atoms. The van der Waals surface area contributed by atoms with E-state index in [1.54, 1.807) is 0 Å². The molecule has 8 heteroatoms. The molecule has 21 heavy (non-hydrogen) atoms. The van der Waals surface area contributed by atoms with Crippen LogP contribution < -0.4 is 5.32 Å². The normalized spacial score (nSPS) is 17.3. The zero-order valence-electron chi connectivity index (χ0n) is 11.8. The lowest BCUT2D eigenvalue weighted by molar-refractivity contribution is 0.229. The van der Waals surface area contributed by atoms with Crippen LogP contribution in [-0.4, -0.2) is 63.9 Å². The number of hydrogen-bond acceptors (Lipinski definition) is 4. The Morgan fingerprint density at radius 2 is 2.05 bits per heavy atom. The number of halogens is 2. The molecule has 0 aromatic heterocycles. The van der Waals surface area contributed by atoms with Crippen LogP contribution in [0, 0.1) is 5.82 Å². The molecule has 0 amide bonds. The summed E-state index contributed by atoms with van der Waals surface area (Å²) in [6.45, 7) is 4.55. The molecule has 0 bridgehead atoms. The summed E-state index contributed by atoms with van der Waals surface area (Å²) in [6.07, 6.45) is 0. The zero-order valence-corrected chi connectivity index (χ0v) is 13.4. The first-order valence-corrected chi connectivity index (χ1v) is 8.57. The molecule has 0 radical (unpaired) electrons. The van der Waals surface area contributed by atoms with Gasteiger partial charge in [0.1, 0.15) is 10.7 Å². The quantitative estimate of drug-likeness (QED) is 0.872. The van der Waals surface area contributed by atoms with Crippen molar-refractivity contribution in [3.63, 3.8) is 0 Å². The second-order valence-corrected chi connectivity index (χ2v) is 7.44. The van der Waals surface area contributed by atoms with Crippen molar-refractivity contribution in [2.24, 2.45) is 0 Å². The summed E-state index contributed by atoms with van der Waals surface area (Å²) >= 11 is 5.65. The highest BCUT2D eigenvalue weighted by atomic mass is 35.5. The van der Waals surface area contributed by atoms with Gasteiger partial charge in [0.15, 0.2) is 0 Å². The van der Waals surface area contributed by atoms with Gasteiger partial charge < -0.3 is 5.32 Å². The van der Waals surface area contributed by atoms with Crippen molar-refractivity contribution in [1.29, 1.82) is 0 Å². The monoisotopic (exact) mass is 335 g/mol. The molecule has 2 rings (SSSR count). The zero-order chi connectivity index (χ0) is 15.5. The average Bonchev–Trinajstić information content (AvgIpc) is 2.45. The standard InChI is InChI=1S/C13H19ClFN3O2S/c1-17(8-9-18-6-4-16-5-7-18)21(19,20)13-3-2-11(14)10-12(13)15/h2-3,10,16H,4-9H2,1H3. The van der Waals surface area contributed by atoms with Crippen LogP contribution in [0.1, 0.15) is 0 Å². The lowest BCUT2D eigenvalue weighted by atomic mass is 10.3. The van der Waals surface area contributed by atoms with Crippen LogP contribution in [0.4, 0.5) is 4.39 Å². The molecule has 1 saturated heterocycles. The molecule has 1 aromatic rings. The van der Waals surface area contributed by atoms with Crippen molar-refractivity contribution in [3.05, 3.63) is 29.0 Å². The number of likely N-dealkylation sites (N-methyl/N-ethyl adjacent to an activating group) is 1. The number of piperazine rings is 1. The van der Waals surface area contributed by atoms with Gasteiger partial charge >= 0.3 is 0 Å². The molecule has 5 nitrogen and oxygen atoms in total. The van der Waals surface area contributed by atoms with Gasteiger partial charge in [-0.15, -0.1) is 0 Å². The van der Waals surface area contributed by atoms with E-state index in [-0.39, 0.29) is 9.92 Å². The second-order valence-electron chi connectivity index (χ2n) is 4.99. The van der Waals surface area contributed by atoms with Crippen LogP contribution in [0.25, 0.3) is 0 Å². The van der Waals surface area contributed by atoms with E-state index in [9.17, 15) is 12.8 Å². The fourth-order valence-corrected chi connectivity index (χ4v) is 3.55. The summed E-state index contributed by atoms with van der Waals surface area (Å²) in [6, 6.07) is 3.59. The Hall–Kier alpha value is -0.730. The molecule has 118 valence electrons. The highest BCUT2D eigenvalue weighted by molar-refractivity contribution is 7.89. The number of nitrogens with zero attached hydrogens (tertiary/aromatic N) is 2. The summed E-state index contributed by atoms with van der Waals surface area (Å²) in [5.41, 5.74) is 0. The number of nitrogens with one attached hydrogen (secondary N) is 1. The molecule has 0 saturated carbocycles. The van der Waals surface area contributed by atoms with Crippen LogP contribution >= 0.6 is 11.6 Å². The van der Waals surface area contributed by atoms with Crippen LogP contribution in [0.5, 0.6) is 0 Å². The van der Waals surface area contributed by atoms with E-state index >= 15 is 0 Å². The van der Waals surface area contributed by atoms with Gasteiger partial charge in [0.2, 0.25) is 10.0 Å². The molecule has 1 fully saturated rings. The summed E-state index contributed by atoms with van der Waals surface area (Å²) in [7, 11) is -2.37. The summed E-state index contributed by atoms with van der Waals surface area (Å²) in [4.78, 5) is 1.84. The van der Waals surface area contributed by atoms with Crippen molar-refractivity contribution in [1.82, 2.24) is 14.5 Å². The predicted molar refractivity (Wildman–Crippen MR) is 80.5 cm³/mol. The minimum atomic E-state index is -3.83. The Morgan fingerprint density at radius 1 is 1.38 bits per heavy atom. The fourth-order valence-electron chi connectivity index (χ4n) is 2.19. The Bertz CT molecular complexity index is 591. The van der Waals surface area contributed by atoms with E-state index < -0.39 is 15.8 Å². The van der Waals surface area contributed by atoms with E-state index in [0.717, 1.165) is 32.2 Å². The summed E-state index contributed by atoms with van der Waals surface area (Å²) in [5.74, 6) is -0.823. The van der Waals surface area contributed by atoms with Crippen LogP contribution in [0.3, 0.4) is 0 Å². The van der Waals surface area contributed by atoms with Crippen molar-refractivity contribution >= 4 is 21.6 Å². The molecular formula is C13H19ClFN3O2S. The first kappa shape index (κ1) is 16.6. The lowest BCUT2D eigenvalue weighted by Gasteiger charge is -2.28. The number of hydrogen-bond donors (Lipinski definition) is 1. The highest BCUT2D eigenvalue weighted by Crippen LogP contribution is 2.21. The molecule has 1 heterocycles. The maximum Gasteiger partial charge on any atom is 0.245 e. The Kier molecular flexibility index (Phi) is 5.56. The van der Waals surface area contributed by atoms with Gasteiger partial charge in [0.05, 0.1) is 0 Å². The van der Waals surface area contributed by atoms with Crippen molar-refractivity contribution in [2.45, 2.75) is 4.90 Å². The highest BCUT2D eigenvalue weighted by Gasteiger charge is 2.25. The van der Waals surface area contributed by atoms with Gasteiger partial charge in [-0.25, -0.2) is 12.8 Å². The molecule has 0 unspecified atom stereocenters. The second kappa shape index (κ2) is 7.02. The van der Waals surface area contributed by atoms with Gasteiger partial charge in [0.25, 0.3) is 0 Å². The van der Waals surface area contributed by atoms with Crippen LogP contribution in [-0.2, 0) is 10.0 Å².